The van der Waals surface area contributed by atoms with Crippen molar-refractivity contribution in [2.45, 2.75) is 38.6 Å². The summed E-state index contributed by atoms with van der Waals surface area (Å²) in [5, 5.41) is 11.4. The Hall–Kier alpha value is -1.63. The Labute approximate surface area is 118 Å². The van der Waals surface area contributed by atoms with Gasteiger partial charge in [-0.2, -0.15) is 0 Å². The van der Waals surface area contributed by atoms with Gasteiger partial charge in [-0.1, -0.05) is 6.92 Å². The number of carboxylic acid groups (broad SMARTS) is 1. The van der Waals surface area contributed by atoms with Gasteiger partial charge in [-0.25, -0.2) is 4.79 Å². The molecule has 2 N–H and O–H groups in total. The zero-order valence-corrected chi connectivity index (χ0v) is 11.8. The number of hydrogen-bond acceptors (Lipinski definition) is 4. The standard InChI is InChI=1S/C13H22N2O5/c1-2-3-11(16)14-10-4-6-15(7-5-10)12(17)8-20-9-13(18)19/h10H,2-9H2,1H3,(H,14,16)(H,18,19). The van der Waals surface area contributed by atoms with Gasteiger partial charge in [-0.3, -0.25) is 9.59 Å². The van der Waals surface area contributed by atoms with Crippen molar-refractivity contribution < 1.29 is 24.2 Å². The fourth-order valence-corrected chi connectivity index (χ4v) is 2.12. The second kappa shape index (κ2) is 8.52. The van der Waals surface area contributed by atoms with Gasteiger partial charge in [-0.05, 0) is 19.3 Å². The van der Waals surface area contributed by atoms with Gasteiger partial charge in [0.2, 0.25) is 11.8 Å². The minimum absolute atomic E-state index is 0.0575. The molecule has 0 atom stereocenters. The van der Waals surface area contributed by atoms with Crippen molar-refractivity contribution >= 4 is 17.8 Å². The van der Waals surface area contributed by atoms with E-state index < -0.39 is 12.6 Å². The van der Waals surface area contributed by atoms with E-state index in [1.54, 1.807) is 4.90 Å². The van der Waals surface area contributed by atoms with Gasteiger partial charge in [0.15, 0.2) is 0 Å². The topological polar surface area (TPSA) is 95.9 Å². The summed E-state index contributed by atoms with van der Waals surface area (Å²) >= 11 is 0. The van der Waals surface area contributed by atoms with Crippen molar-refractivity contribution in [3.8, 4) is 0 Å². The van der Waals surface area contributed by atoms with Crippen LogP contribution in [-0.2, 0) is 19.1 Å². The molecule has 0 unspecified atom stereocenters. The highest BCUT2D eigenvalue weighted by Crippen LogP contribution is 2.11. The van der Waals surface area contributed by atoms with E-state index in [9.17, 15) is 14.4 Å². The van der Waals surface area contributed by atoms with Crippen LogP contribution in [0.4, 0.5) is 0 Å². The fourth-order valence-electron chi connectivity index (χ4n) is 2.12. The lowest BCUT2D eigenvalue weighted by molar-refractivity contribution is -0.146. The van der Waals surface area contributed by atoms with Crippen LogP contribution in [0.5, 0.6) is 0 Å². The molecule has 1 fully saturated rings. The number of nitrogens with one attached hydrogen (secondary N) is 1. The van der Waals surface area contributed by atoms with E-state index >= 15 is 0 Å². The summed E-state index contributed by atoms with van der Waals surface area (Å²) in [6.07, 6.45) is 2.80. The predicted molar refractivity (Wildman–Crippen MR) is 71.1 cm³/mol. The van der Waals surface area contributed by atoms with Gasteiger partial charge in [-0.15, -0.1) is 0 Å². The number of piperidine rings is 1. The molecule has 7 nitrogen and oxygen atoms in total. The fraction of sp³-hybridized carbons (Fsp3) is 0.769. The zero-order chi connectivity index (χ0) is 15.0. The molecule has 1 heterocycles. The third kappa shape index (κ3) is 6.01. The lowest BCUT2D eigenvalue weighted by Crippen LogP contribution is -2.47. The molecule has 0 radical (unpaired) electrons. The quantitative estimate of drug-likeness (QED) is 0.686. The van der Waals surface area contributed by atoms with Gasteiger partial charge in [0.1, 0.15) is 13.2 Å². The molecule has 0 saturated carbocycles. The summed E-state index contributed by atoms with van der Waals surface area (Å²) in [7, 11) is 0. The van der Waals surface area contributed by atoms with E-state index in [2.05, 4.69) is 5.32 Å². The van der Waals surface area contributed by atoms with Crippen LogP contribution in [0.15, 0.2) is 0 Å². The summed E-state index contributed by atoms with van der Waals surface area (Å²) in [5.74, 6) is -1.23. The molecule has 1 saturated heterocycles. The van der Waals surface area contributed by atoms with Crippen LogP contribution >= 0.6 is 0 Å². The van der Waals surface area contributed by atoms with Crippen molar-refractivity contribution in [1.29, 1.82) is 0 Å². The predicted octanol–water partition coefficient (Wildman–Crippen LogP) is -0.00510. The minimum Gasteiger partial charge on any atom is -0.480 e. The van der Waals surface area contributed by atoms with Crippen LogP contribution in [0.2, 0.25) is 0 Å². The van der Waals surface area contributed by atoms with Gasteiger partial charge >= 0.3 is 5.97 Å². The van der Waals surface area contributed by atoms with Crippen LogP contribution in [-0.4, -0.2) is 60.1 Å². The molecular weight excluding hydrogens is 264 g/mol. The van der Waals surface area contributed by atoms with E-state index in [1.807, 2.05) is 6.92 Å². The van der Waals surface area contributed by atoms with Crippen LogP contribution < -0.4 is 5.32 Å². The zero-order valence-electron chi connectivity index (χ0n) is 11.8. The first-order valence-corrected chi connectivity index (χ1v) is 6.89. The smallest absolute Gasteiger partial charge is 0.329 e. The Morgan fingerprint density at radius 2 is 1.90 bits per heavy atom. The molecule has 1 rings (SSSR count). The molecule has 0 aromatic heterocycles. The largest absolute Gasteiger partial charge is 0.480 e. The second-order valence-corrected chi connectivity index (χ2v) is 4.86. The molecule has 1 aliphatic rings. The number of carbonyl (C=O) groups is 3. The number of rotatable bonds is 7. The minimum atomic E-state index is -1.09. The normalized spacial score (nSPS) is 15.9. The molecule has 0 aromatic carbocycles. The SMILES string of the molecule is CCCC(=O)NC1CCN(C(=O)COCC(=O)O)CC1. The summed E-state index contributed by atoms with van der Waals surface area (Å²) < 4.78 is 4.77. The first kappa shape index (κ1) is 16.4. The van der Waals surface area contributed by atoms with Crippen molar-refractivity contribution in [2.75, 3.05) is 26.3 Å². The average molecular weight is 286 g/mol. The van der Waals surface area contributed by atoms with Crippen LogP contribution in [0, 0.1) is 0 Å². The van der Waals surface area contributed by atoms with E-state index in [1.165, 1.54) is 0 Å². The summed E-state index contributed by atoms with van der Waals surface area (Å²) in [6, 6.07) is 0.123. The molecule has 7 heteroatoms. The summed E-state index contributed by atoms with van der Waals surface area (Å²) in [5.41, 5.74) is 0. The molecule has 114 valence electrons. The monoisotopic (exact) mass is 286 g/mol. The van der Waals surface area contributed by atoms with Crippen LogP contribution in [0.3, 0.4) is 0 Å². The number of likely N-dealkylation sites (tertiary alicyclic amines) is 1. The van der Waals surface area contributed by atoms with E-state index in [-0.39, 0.29) is 24.5 Å². The van der Waals surface area contributed by atoms with Crippen molar-refractivity contribution in [3.63, 3.8) is 0 Å². The van der Waals surface area contributed by atoms with Crippen LogP contribution in [0.25, 0.3) is 0 Å². The number of ether oxygens (including phenoxy) is 1. The molecule has 0 aromatic rings. The maximum atomic E-state index is 11.7. The number of carbonyl (C=O) groups excluding carboxylic acids is 2. The second-order valence-electron chi connectivity index (χ2n) is 4.86. The van der Waals surface area contributed by atoms with Crippen molar-refractivity contribution in [2.24, 2.45) is 0 Å². The lowest BCUT2D eigenvalue weighted by Gasteiger charge is -2.32. The van der Waals surface area contributed by atoms with Gasteiger partial charge in [0, 0.05) is 25.6 Å². The lowest BCUT2D eigenvalue weighted by atomic mass is 10.0. The highest BCUT2D eigenvalue weighted by atomic mass is 16.5. The third-order valence-corrected chi connectivity index (χ3v) is 3.14. The Balaban J connectivity index is 2.22. The van der Waals surface area contributed by atoms with E-state index in [4.69, 9.17) is 9.84 Å². The highest BCUT2D eigenvalue weighted by molar-refractivity contribution is 5.78. The molecule has 0 bridgehead atoms. The van der Waals surface area contributed by atoms with Crippen molar-refractivity contribution in [1.82, 2.24) is 10.2 Å². The van der Waals surface area contributed by atoms with Crippen LogP contribution in [0.1, 0.15) is 32.6 Å². The Morgan fingerprint density at radius 1 is 1.25 bits per heavy atom. The summed E-state index contributed by atoms with van der Waals surface area (Å²) in [6.45, 7) is 2.41. The summed E-state index contributed by atoms with van der Waals surface area (Å²) in [4.78, 5) is 35.1. The number of aliphatic carboxylic acids is 1. The maximum absolute atomic E-state index is 11.7. The highest BCUT2D eigenvalue weighted by Gasteiger charge is 2.23. The Bertz CT molecular complexity index is 351. The number of nitrogens with zero attached hydrogens (tertiary/aromatic N) is 1. The molecule has 2 amide bonds. The maximum Gasteiger partial charge on any atom is 0.329 e. The molecule has 1 aliphatic heterocycles. The number of amides is 2. The number of carboxylic acids is 1. The third-order valence-electron chi connectivity index (χ3n) is 3.14. The number of hydrogen-bond donors (Lipinski definition) is 2. The molecular formula is C13H22N2O5. The first-order chi connectivity index (χ1) is 9.52. The molecule has 20 heavy (non-hydrogen) atoms. The Morgan fingerprint density at radius 3 is 2.45 bits per heavy atom. The van der Waals surface area contributed by atoms with E-state index in [0.29, 0.717) is 19.5 Å². The molecule has 0 aliphatic carbocycles. The molecule has 0 spiro atoms. The van der Waals surface area contributed by atoms with E-state index in [0.717, 1.165) is 19.3 Å². The van der Waals surface area contributed by atoms with Gasteiger partial charge in [0.25, 0.3) is 0 Å². The first-order valence-electron chi connectivity index (χ1n) is 6.89. The Kier molecular flexibility index (Phi) is 7.00. The van der Waals surface area contributed by atoms with Crippen molar-refractivity contribution in [3.05, 3.63) is 0 Å². The van der Waals surface area contributed by atoms with Gasteiger partial charge < -0.3 is 20.1 Å². The average Bonchev–Trinajstić information content (AvgIpc) is 2.39. The van der Waals surface area contributed by atoms with Gasteiger partial charge in [0.05, 0.1) is 0 Å².